The van der Waals surface area contributed by atoms with E-state index >= 15 is 0 Å². The maximum atomic E-state index is 12.2. The molecule has 1 aromatic heterocycles. The summed E-state index contributed by atoms with van der Waals surface area (Å²) in [6, 6.07) is 7.86. The number of hydrogen-bond donors (Lipinski definition) is 1. The molecule has 0 aliphatic rings. The fraction of sp³-hybridized carbons (Fsp3) is 0.444. The van der Waals surface area contributed by atoms with Crippen LogP contribution in [0.2, 0.25) is 0 Å². The van der Waals surface area contributed by atoms with Gasteiger partial charge in [-0.1, -0.05) is 32.0 Å². The molecule has 2 aromatic rings. The summed E-state index contributed by atoms with van der Waals surface area (Å²) >= 11 is 1.49. The van der Waals surface area contributed by atoms with Crippen molar-refractivity contribution in [2.24, 2.45) is 5.92 Å². The lowest BCUT2D eigenvalue weighted by Gasteiger charge is -2.09. The monoisotopic (exact) mass is 332 g/mol. The van der Waals surface area contributed by atoms with Crippen LogP contribution in [0.25, 0.3) is 0 Å². The predicted molar refractivity (Wildman–Crippen MR) is 94.4 cm³/mol. The average Bonchev–Trinajstić information content (AvgIpc) is 2.85. The van der Waals surface area contributed by atoms with E-state index < -0.39 is 0 Å². The van der Waals surface area contributed by atoms with Crippen molar-refractivity contribution >= 4 is 17.2 Å². The fourth-order valence-corrected chi connectivity index (χ4v) is 3.42. The minimum absolute atomic E-state index is 0.0663. The van der Waals surface area contributed by atoms with Gasteiger partial charge in [-0.2, -0.15) is 0 Å². The molecule has 0 atom stereocenters. The summed E-state index contributed by atoms with van der Waals surface area (Å²) in [5, 5.41) is 3.93. The van der Waals surface area contributed by atoms with Crippen molar-refractivity contribution in [3.8, 4) is 5.75 Å². The molecule has 0 radical (unpaired) electrons. The van der Waals surface area contributed by atoms with Crippen LogP contribution >= 0.6 is 11.3 Å². The summed E-state index contributed by atoms with van der Waals surface area (Å²) in [5.41, 5.74) is 1.90. The molecule has 2 rings (SSSR count). The van der Waals surface area contributed by atoms with E-state index in [1.54, 1.807) is 0 Å². The Labute approximate surface area is 141 Å². The van der Waals surface area contributed by atoms with E-state index in [0.717, 1.165) is 28.4 Å². The van der Waals surface area contributed by atoms with Crippen LogP contribution in [-0.2, 0) is 6.42 Å². The van der Waals surface area contributed by atoms with Crippen LogP contribution in [-0.4, -0.2) is 24.0 Å². The SMILES string of the molecule is Cc1ccccc1OCCNC(=O)c1sc(CC(C)C)nc1C. The topological polar surface area (TPSA) is 51.2 Å². The molecule has 0 aliphatic carbocycles. The molecule has 0 unspecified atom stereocenters. The summed E-state index contributed by atoms with van der Waals surface area (Å²) in [6.07, 6.45) is 0.912. The molecule has 0 saturated carbocycles. The third kappa shape index (κ3) is 5.06. The van der Waals surface area contributed by atoms with E-state index in [1.165, 1.54) is 11.3 Å². The number of aromatic nitrogens is 1. The Kier molecular flexibility index (Phi) is 6.16. The lowest BCUT2D eigenvalue weighted by atomic mass is 10.1. The van der Waals surface area contributed by atoms with Crippen molar-refractivity contribution in [2.45, 2.75) is 34.1 Å². The lowest BCUT2D eigenvalue weighted by molar-refractivity contribution is 0.0950. The number of nitrogens with zero attached hydrogens (tertiary/aromatic N) is 1. The number of para-hydroxylation sites is 1. The summed E-state index contributed by atoms with van der Waals surface area (Å²) in [4.78, 5) is 17.4. The van der Waals surface area contributed by atoms with Gasteiger partial charge in [-0.05, 0) is 31.4 Å². The smallest absolute Gasteiger partial charge is 0.263 e. The van der Waals surface area contributed by atoms with Crippen molar-refractivity contribution in [2.75, 3.05) is 13.2 Å². The number of aryl methyl sites for hydroxylation is 2. The first kappa shape index (κ1) is 17.5. The Hall–Kier alpha value is -1.88. The summed E-state index contributed by atoms with van der Waals surface area (Å²) in [7, 11) is 0. The Morgan fingerprint density at radius 1 is 1.30 bits per heavy atom. The van der Waals surface area contributed by atoms with Crippen LogP contribution in [0.4, 0.5) is 0 Å². The molecular weight excluding hydrogens is 308 g/mol. The number of benzene rings is 1. The van der Waals surface area contributed by atoms with Crippen LogP contribution in [0.15, 0.2) is 24.3 Å². The van der Waals surface area contributed by atoms with Crippen molar-refractivity contribution < 1.29 is 9.53 Å². The highest BCUT2D eigenvalue weighted by atomic mass is 32.1. The van der Waals surface area contributed by atoms with Crippen LogP contribution in [0.3, 0.4) is 0 Å². The van der Waals surface area contributed by atoms with Gasteiger partial charge in [0, 0.05) is 6.42 Å². The van der Waals surface area contributed by atoms with E-state index in [9.17, 15) is 4.79 Å². The molecule has 5 heteroatoms. The van der Waals surface area contributed by atoms with Crippen molar-refractivity contribution in [1.82, 2.24) is 10.3 Å². The zero-order valence-electron chi connectivity index (χ0n) is 14.2. The summed E-state index contributed by atoms with van der Waals surface area (Å²) in [5.74, 6) is 1.33. The van der Waals surface area contributed by atoms with Crippen molar-refractivity contribution in [3.05, 3.63) is 45.4 Å². The highest BCUT2D eigenvalue weighted by molar-refractivity contribution is 7.13. The van der Waals surface area contributed by atoms with Gasteiger partial charge in [0.15, 0.2) is 0 Å². The van der Waals surface area contributed by atoms with Gasteiger partial charge in [0.05, 0.1) is 17.2 Å². The van der Waals surface area contributed by atoms with Crippen LogP contribution in [0.1, 0.15) is 39.8 Å². The third-order valence-electron chi connectivity index (χ3n) is 3.37. The molecule has 23 heavy (non-hydrogen) atoms. The Morgan fingerprint density at radius 2 is 2.04 bits per heavy atom. The number of carbonyl (C=O) groups excluding carboxylic acids is 1. The molecular formula is C18H24N2O2S. The van der Waals surface area contributed by atoms with Gasteiger partial charge >= 0.3 is 0 Å². The van der Waals surface area contributed by atoms with Gasteiger partial charge in [0.25, 0.3) is 5.91 Å². The first-order chi connectivity index (χ1) is 11.0. The van der Waals surface area contributed by atoms with Crippen molar-refractivity contribution in [1.29, 1.82) is 0 Å². The molecule has 1 amide bonds. The van der Waals surface area contributed by atoms with E-state index in [4.69, 9.17) is 4.74 Å². The molecule has 124 valence electrons. The molecule has 0 bridgehead atoms. The van der Waals surface area contributed by atoms with Gasteiger partial charge in [-0.15, -0.1) is 11.3 Å². The zero-order valence-corrected chi connectivity index (χ0v) is 15.0. The molecule has 1 heterocycles. The second kappa shape index (κ2) is 8.11. The molecule has 0 fully saturated rings. The maximum Gasteiger partial charge on any atom is 0.263 e. The van der Waals surface area contributed by atoms with Gasteiger partial charge in [-0.3, -0.25) is 4.79 Å². The predicted octanol–water partition coefficient (Wildman–Crippen LogP) is 3.77. The van der Waals surface area contributed by atoms with Gasteiger partial charge in [0.2, 0.25) is 0 Å². The molecule has 1 aromatic carbocycles. The first-order valence-electron chi connectivity index (χ1n) is 7.90. The lowest BCUT2D eigenvalue weighted by Crippen LogP contribution is -2.28. The number of amides is 1. The van der Waals surface area contributed by atoms with E-state index in [-0.39, 0.29) is 5.91 Å². The zero-order chi connectivity index (χ0) is 16.8. The molecule has 0 aliphatic heterocycles. The average molecular weight is 332 g/mol. The van der Waals surface area contributed by atoms with E-state index in [2.05, 4.69) is 24.1 Å². The second-order valence-corrected chi connectivity index (χ2v) is 7.07. The standard InChI is InChI=1S/C18H24N2O2S/c1-12(2)11-16-20-14(4)17(23-16)18(21)19-9-10-22-15-8-6-5-7-13(15)3/h5-8,12H,9-11H2,1-4H3,(H,19,21). The Bertz CT molecular complexity index is 665. The van der Waals surface area contributed by atoms with Crippen LogP contribution in [0.5, 0.6) is 5.75 Å². The molecule has 0 spiro atoms. The molecule has 0 saturated heterocycles. The van der Waals surface area contributed by atoms with Crippen molar-refractivity contribution in [3.63, 3.8) is 0 Å². The first-order valence-corrected chi connectivity index (χ1v) is 8.72. The minimum atomic E-state index is -0.0663. The number of nitrogens with one attached hydrogen (secondary N) is 1. The quantitative estimate of drug-likeness (QED) is 0.785. The van der Waals surface area contributed by atoms with Gasteiger partial charge < -0.3 is 10.1 Å². The highest BCUT2D eigenvalue weighted by Crippen LogP contribution is 2.20. The minimum Gasteiger partial charge on any atom is -0.491 e. The number of ether oxygens (including phenoxy) is 1. The van der Waals surface area contributed by atoms with Gasteiger partial charge in [-0.25, -0.2) is 4.98 Å². The van der Waals surface area contributed by atoms with E-state index in [0.29, 0.717) is 23.9 Å². The van der Waals surface area contributed by atoms with Crippen LogP contribution in [0, 0.1) is 19.8 Å². The largest absolute Gasteiger partial charge is 0.491 e. The van der Waals surface area contributed by atoms with Gasteiger partial charge in [0.1, 0.15) is 17.2 Å². The summed E-state index contributed by atoms with van der Waals surface area (Å²) in [6.45, 7) is 9.13. The Balaban J connectivity index is 1.83. The number of carbonyl (C=O) groups is 1. The third-order valence-corrected chi connectivity index (χ3v) is 4.55. The van der Waals surface area contributed by atoms with E-state index in [1.807, 2.05) is 38.1 Å². The summed E-state index contributed by atoms with van der Waals surface area (Å²) < 4.78 is 5.68. The second-order valence-electron chi connectivity index (χ2n) is 5.99. The molecule has 4 nitrogen and oxygen atoms in total. The van der Waals surface area contributed by atoms with Crippen LogP contribution < -0.4 is 10.1 Å². The Morgan fingerprint density at radius 3 is 2.74 bits per heavy atom. The fourth-order valence-electron chi connectivity index (χ4n) is 2.22. The maximum absolute atomic E-state index is 12.2. The number of thiazole rings is 1. The normalized spacial score (nSPS) is 10.8. The molecule has 1 N–H and O–H groups in total. The number of hydrogen-bond acceptors (Lipinski definition) is 4. The number of rotatable bonds is 7. The highest BCUT2D eigenvalue weighted by Gasteiger charge is 2.15.